The molecule has 0 atom stereocenters. The number of nitrogens with one attached hydrogen (secondary N) is 1. The first-order valence-corrected chi connectivity index (χ1v) is 6.38. The Morgan fingerprint density at radius 2 is 1.84 bits per heavy atom. The van der Waals surface area contributed by atoms with E-state index >= 15 is 0 Å². The predicted octanol–water partition coefficient (Wildman–Crippen LogP) is 4.06. The lowest BCUT2D eigenvalue weighted by Gasteiger charge is -2.07. The molecular weight excluding hydrogens is 236 g/mol. The van der Waals surface area contributed by atoms with Crippen molar-refractivity contribution in [2.75, 3.05) is 5.32 Å². The number of aryl methyl sites for hydroxylation is 2. The van der Waals surface area contributed by atoms with Gasteiger partial charge in [-0.2, -0.15) is 0 Å². The lowest BCUT2D eigenvalue weighted by Crippen LogP contribution is -2.00. The second-order valence-corrected chi connectivity index (χ2v) is 4.63. The molecule has 1 N–H and O–H groups in total. The summed E-state index contributed by atoms with van der Waals surface area (Å²) in [4.78, 5) is 4.38. The van der Waals surface area contributed by atoms with E-state index in [1.54, 1.807) is 0 Å². The summed E-state index contributed by atoms with van der Waals surface area (Å²) < 4.78 is 5.57. The van der Waals surface area contributed by atoms with Crippen molar-refractivity contribution < 1.29 is 4.42 Å². The second kappa shape index (κ2) is 4.76. The molecule has 0 aliphatic rings. The Morgan fingerprint density at radius 1 is 1.05 bits per heavy atom. The molecule has 3 heteroatoms. The molecule has 0 saturated carbocycles. The van der Waals surface area contributed by atoms with Crippen molar-refractivity contribution in [3.05, 3.63) is 59.8 Å². The van der Waals surface area contributed by atoms with Gasteiger partial charge < -0.3 is 9.73 Å². The lowest BCUT2D eigenvalue weighted by molar-refractivity contribution is 0.478. The van der Waals surface area contributed by atoms with Crippen LogP contribution in [0.1, 0.15) is 17.3 Å². The SMILES string of the molecule is Cc1nc(CNc2cccc3ccccc23)oc1C. The van der Waals surface area contributed by atoms with Gasteiger partial charge in [0.15, 0.2) is 0 Å². The quantitative estimate of drug-likeness (QED) is 0.764. The second-order valence-electron chi connectivity index (χ2n) is 4.63. The average molecular weight is 252 g/mol. The van der Waals surface area contributed by atoms with Crippen LogP contribution in [0.2, 0.25) is 0 Å². The molecule has 19 heavy (non-hydrogen) atoms. The van der Waals surface area contributed by atoms with Gasteiger partial charge in [-0.05, 0) is 25.3 Å². The molecule has 0 saturated heterocycles. The van der Waals surface area contributed by atoms with E-state index in [2.05, 4.69) is 40.6 Å². The van der Waals surface area contributed by atoms with Crippen molar-refractivity contribution in [2.45, 2.75) is 20.4 Å². The van der Waals surface area contributed by atoms with Crippen LogP contribution < -0.4 is 5.32 Å². The van der Waals surface area contributed by atoms with E-state index in [1.165, 1.54) is 10.8 Å². The zero-order chi connectivity index (χ0) is 13.2. The van der Waals surface area contributed by atoms with E-state index < -0.39 is 0 Å². The Kier molecular flexibility index (Phi) is 2.95. The van der Waals surface area contributed by atoms with Crippen molar-refractivity contribution in [2.24, 2.45) is 0 Å². The maximum absolute atomic E-state index is 5.57. The number of fused-ring (bicyclic) bond motifs is 1. The fraction of sp³-hybridized carbons (Fsp3) is 0.188. The number of hydrogen-bond acceptors (Lipinski definition) is 3. The molecule has 3 aromatic rings. The first-order chi connectivity index (χ1) is 9.24. The lowest BCUT2D eigenvalue weighted by atomic mass is 10.1. The monoisotopic (exact) mass is 252 g/mol. The summed E-state index contributed by atoms with van der Waals surface area (Å²) in [6, 6.07) is 14.6. The zero-order valence-electron chi connectivity index (χ0n) is 11.1. The van der Waals surface area contributed by atoms with E-state index in [1.807, 2.05) is 26.0 Å². The van der Waals surface area contributed by atoms with Crippen LogP contribution in [0, 0.1) is 13.8 Å². The smallest absolute Gasteiger partial charge is 0.213 e. The molecule has 0 amide bonds. The Labute approximate surface area is 112 Å². The Hall–Kier alpha value is -2.29. The maximum atomic E-state index is 5.57. The number of anilines is 1. The van der Waals surface area contributed by atoms with Gasteiger partial charge in [-0.15, -0.1) is 0 Å². The van der Waals surface area contributed by atoms with E-state index in [9.17, 15) is 0 Å². The molecule has 3 nitrogen and oxygen atoms in total. The van der Waals surface area contributed by atoms with Gasteiger partial charge in [0.2, 0.25) is 5.89 Å². The molecular formula is C16H16N2O. The number of nitrogens with zero attached hydrogens (tertiary/aromatic N) is 1. The van der Waals surface area contributed by atoms with Crippen molar-refractivity contribution >= 4 is 16.5 Å². The Balaban J connectivity index is 1.85. The molecule has 1 aromatic heterocycles. The number of hydrogen-bond donors (Lipinski definition) is 1. The van der Waals surface area contributed by atoms with E-state index in [4.69, 9.17) is 4.42 Å². The molecule has 0 radical (unpaired) electrons. The molecule has 0 spiro atoms. The number of benzene rings is 2. The van der Waals surface area contributed by atoms with Gasteiger partial charge in [-0.3, -0.25) is 0 Å². The van der Waals surface area contributed by atoms with Crippen LogP contribution >= 0.6 is 0 Å². The van der Waals surface area contributed by atoms with Crippen LogP contribution in [0.15, 0.2) is 46.9 Å². The predicted molar refractivity (Wildman–Crippen MR) is 77.3 cm³/mol. The van der Waals surface area contributed by atoms with Crippen molar-refractivity contribution in [1.82, 2.24) is 4.98 Å². The minimum absolute atomic E-state index is 0.600. The summed E-state index contributed by atoms with van der Waals surface area (Å²) in [6.45, 7) is 4.49. The molecule has 0 aliphatic heterocycles. The fourth-order valence-electron chi connectivity index (χ4n) is 2.17. The molecule has 1 heterocycles. The van der Waals surface area contributed by atoms with Crippen molar-refractivity contribution in [3.8, 4) is 0 Å². The first kappa shape index (κ1) is 11.8. The molecule has 0 unspecified atom stereocenters. The van der Waals surface area contributed by atoms with Crippen molar-refractivity contribution in [1.29, 1.82) is 0 Å². The van der Waals surface area contributed by atoms with Crippen LogP contribution in [-0.4, -0.2) is 4.98 Å². The average Bonchev–Trinajstić information content (AvgIpc) is 2.75. The van der Waals surface area contributed by atoms with Gasteiger partial charge in [0.25, 0.3) is 0 Å². The molecule has 0 aliphatic carbocycles. The topological polar surface area (TPSA) is 38.1 Å². The third-order valence-corrected chi connectivity index (χ3v) is 3.29. The number of oxazole rings is 1. The highest BCUT2D eigenvalue weighted by Gasteiger charge is 2.06. The van der Waals surface area contributed by atoms with Crippen molar-refractivity contribution in [3.63, 3.8) is 0 Å². The molecule has 2 aromatic carbocycles. The minimum Gasteiger partial charge on any atom is -0.444 e. The van der Waals surface area contributed by atoms with Gasteiger partial charge in [-0.25, -0.2) is 4.98 Å². The van der Waals surface area contributed by atoms with Crippen LogP contribution in [0.4, 0.5) is 5.69 Å². The summed E-state index contributed by atoms with van der Waals surface area (Å²) in [7, 11) is 0. The number of rotatable bonds is 3. The first-order valence-electron chi connectivity index (χ1n) is 6.38. The maximum Gasteiger partial charge on any atom is 0.213 e. The van der Waals surface area contributed by atoms with Crippen LogP contribution in [0.25, 0.3) is 10.8 Å². The van der Waals surface area contributed by atoms with Gasteiger partial charge >= 0.3 is 0 Å². The standard InChI is InChI=1S/C16H16N2O/c1-11-12(2)19-16(18-11)10-17-15-9-5-7-13-6-3-4-8-14(13)15/h3-9,17H,10H2,1-2H3. The molecule has 0 bridgehead atoms. The molecule has 0 fully saturated rings. The molecule has 96 valence electrons. The Bertz CT molecular complexity index is 691. The van der Waals surface area contributed by atoms with Crippen LogP contribution in [0.5, 0.6) is 0 Å². The summed E-state index contributed by atoms with van der Waals surface area (Å²) >= 11 is 0. The van der Waals surface area contributed by atoms with Gasteiger partial charge in [0.05, 0.1) is 12.2 Å². The highest BCUT2D eigenvalue weighted by atomic mass is 16.4. The Morgan fingerprint density at radius 3 is 2.63 bits per heavy atom. The highest BCUT2D eigenvalue weighted by Crippen LogP contribution is 2.23. The van der Waals surface area contributed by atoms with E-state index in [0.29, 0.717) is 6.54 Å². The van der Waals surface area contributed by atoms with Gasteiger partial charge in [0, 0.05) is 11.1 Å². The summed E-state index contributed by atoms with van der Waals surface area (Å²) in [5.74, 6) is 1.61. The highest BCUT2D eigenvalue weighted by molar-refractivity contribution is 5.93. The number of aromatic nitrogens is 1. The van der Waals surface area contributed by atoms with E-state index in [0.717, 1.165) is 23.0 Å². The summed E-state index contributed by atoms with van der Waals surface area (Å²) in [5.41, 5.74) is 2.06. The van der Waals surface area contributed by atoms with Gasteiger partial charge in [-0.1, -0.05) is 36.4 Å². The van der Waals surface area contributed by atoms with Gasteiger partial charge in [0.1, 0.15) is 5.76 Å². The summed E-state index contributed by atoms with van der Waals surface area (Å²) in [6.07, 6.45) is 0. The van der Waals surface area contributed by atoms with E-state index in [-0.39, 0.29) is 0 Å². The molecule has 3 rings (SSSR count). The summed E-state index contributed by atoms with van der Waals surface area (Å²) in [5, 5.41) is 5.83. The van der Waals surface area contributed by atoms with Crippen LogP contribution in [0.3, 0.4) is 0 Å². The largest absolute Gasteiger partial charge is 0.444 e. The zero-order valence-corrected chi connectivity index (χ0v) is 11.1. The third-order valence-electron chi connectivity index (χ3n) is 3.29. The van der Waals surface area contributed by atoms with Crippen LogP contribution in [-0.2, 0) is 6.54 Å². The normalized spacial score (nSPS) is 10.8. The minimum atomic E-state index is 0.600. The fourth-order valence-corrected chi connectivity index (χ4v) is 2.17. The third kappa shape index (κ3) is 2.32.